The molecule has 2 N–H and O–H groups in total. The number of nitrogens with two attached hydrogens (primary N) is 1. The molecule has 4 heteroatoms. The number of rotatable bonds is 3. The highest BCUT2D eigenvalue weighted by atomic mass is 16.5. The van der Waals surface area contributed by atoms with E-state index in [1.54, 1.807) is 13.4 Å². The average Bonchev–Trinajstić information content (AvgIpc) is 2.89. The third-order valence-electron chi connectivity index (χ3n) is 3.17. The molecule has 0 aliphatic heterocycles. The Hall–Kier alpha value is -2.33. The van der Waals surface area contributed by atoms with Crippen LogP contribution in [0.3, 0.4) is 0 Å². The molecule has 0 spiro atoms. The van der Waals surface area contributed by atoms with Crippen molar-refractivity contribution in [1.29, 1.82) is 0 Å². The summed E-state index contributed by atoms with van der Waals surface area (Å²) < 4.78 is 7.38. The van der Waals surface area contributed by atoms with Crippen molar-refractivity contribution in [2.75, 3.05) is 7.11 Å². The fourth-order valence-corrected chi connectivity index (χ4v) is 2.20. The van der Waals surface area contributed by atoms with Gasteiger partial charge in [-0.2, -0.15) is 0 Å². The highest BCUT2D eigenvalue weighted by Gasteiger charge is 2.08. The lowest BCUT2D eigenvalue weighted by Gasteiger charge is -2.05. The lowest BCUT2D eigenvalue weighted by atomic mass is 10.1. The minimum atomic E-state index is 0.450. The SMILES string of the molecule is COc1ccccc1-c1cc2cc(CN)ncn2c1. The van der Waals surface area contributed by atoms with Gasteiger partial charge in [-0.15, -0.1) is 0 Å². The van der Waals surface area contributed by atoms with Crippen LogP contribution in [-0.2, 0) is 6.54 Å². The summed E-state index contributed by atoms with van der Waals surface area (Å²) in [4.78, 5) is 4.28. The van der Waals surface area contributed by atoms with E-state index in [0.29, 0.717) is 6.54 Å². The number of hydrogen-bond donors (Lipinski definition) is 1. The molecule has 0 atom stereocenters. The molecule has 2 heterocycles. The Morgan fingerprint density at radius 2 is 2.11 bits per heavy atom. The van der Waals surface area contributed by atoms with Crippen LogP contribution in [0.1, 0.15) is 5.69 Å². The third kappa shape index (κ3) is 2.06. The largest absolute Gasteiger partial charge is 0.496 e. The highest BCUT2D eigenvalue weighted by Crippen LogP contribution is 2.30. The maximum atomic E-state index is 5.61. The molecule has 0 aliphatic rings. The van der Waals surface area contributed by atoms with E-state index in [2.05, 4.69) is 11.1 Å². The van der Waals surface area contributed by atoms with Crippen molar-refractivity contribution in [1.82, 2.24) is 9.38 Å². The first-order chi connectivity index (χ1) is 9.31. The molecule has 19 heavy (non-hydrogen) atoms. The van der Waals surface area contributed by atoms with E-state index in [1.165, 1.54) is 0 Å². The third-order valence-corrected chi connectivity index (χ3v) is 3.17. The van der Waals surface area contributed by atoms with Gasteiger partial charge in [-0.05, 0) is 18.2 Å². The van der Waals surface area contributed by atoms with Crippen molar-refractivity contribution < 1.29 is 4.74 Å². The van der Waals surface area contributed by atoms with Crippen molar-refractivity contribution in [2.45, 2.75) is 6.54 Å². The summed E-state index contributed by atoms with van der Waals surface area (Å²) in [6.07, 6.45) is 3.83. The van der Waals surface area contributed by atoms with Crippen LogP contribution in [-0.4, -0.2) is 16.5 Å². The Morgan fingerprint density at radius 1 is 1.26 bits per heavy atom. The molecule has 0 amide bonds. The van der Waals surface area contributed by atoms with E-state index in [9.17, 15) is 0 Å². The van der Waals surface area contributed by atoms with Crippen molar-refractivity contribution in [3.05, 3.63) is 54.6 Å². The summed E-state index contributed by atoms with van der Waals surface area (Å²) in [7, 11) is 1.68. The fourth-order valence-electron chi connectivity index (χ4n) is 2.20. The molecule has 3 rings (SSSR count). The molecule has 2 aromatic heterocycles. The summed E-state index contributed by atoms with van der Waals surface area (Å²) in [6, 6.07) is 12.1. The van der Waals surface area contributed by atoms with Crippen LogP contribution in [0.4, 0.5) is 0 Å². The molecular formula is C15H15N3O. The number of fused-ring (bicyclic) bond motifs is 1. The Bertz CT molecular complexity index is 718. The second-order valence-electron chi connectivity index (χ2n) is 4.35. The molecule has 0 bridgehead atoms. The van der Waals surface area contributed by atoms with E-state index < -0.39 is 0 Å². The first-order valence-electron chi connectivity index (χ1n) is 6.12. The minimum Gasteiger partial charge on any atom is -0.496 e. The molecule has 0 unspecified atom stereocenters. The number of ether oxygens (including phenoxy) is 1. The predicted octanol–water partition coefficient (Wildman–Crippen LogP) is 2.47. The molecule has 0 radical (unpaired) electrons. The summed E-state index contributed by atoms with van der Waals surface area (Å²) >= 11 is 0. The molecular weight excluding hydrogens is 238 g/mol. The van der Waals surface area contributed by atoms with Gasteiger partial charge in [0.25, 0.3) is 0 Å². The van der Waals surface area contributed by atoms with Crippen molar-refractivity contribution >= 4 is 5.52 Å². The van der Waals surface area contributed by atoms with Crippen molar-refractivity contribution in [3.63, 3.8) is 0 Å². The van der Waals surface area contributed by atoms with Gasteiger partial charge < -0.3 is 14.9 Å². The Kier molecular flexibility index (Phi) is 2.93. The van der Waals surface area contributed by atoms with Gasteiger partial charge in [-0.3, -0.25) is 0 Å². The summed E-state index contributed by atoms with van der Waals surface area (Å²) in [6.45, 7) is 0.450. The van der Waals surface area contributed by atoms with Crippen molar-refractivity contribution in [3.8, 4) is 16.9 Å². The summed E-state index contributed by atoms with van der Waals surface area (Å²) in [5, 5.41) is 0. The zero-order valence-corrected chi connectivity index (χ0v) is 10.7. The zero-order chi connectivity index (χ0) is 13.2. The van der Waals surface area contributed by atoms with Gasteiger partial charge in [0.2, 0.25) is 0 Å². The quantitative estimate of drug-likeness (QED) is 0.780. The summed E-state index contributed by atoms with van der Waals surface area (Å²) in [5.41, 5.74) is 9.76. The monoisotopic (exact) mass is 253 g/mol. The second kappa shape index (κ2) is 4.74. The molecule has 0 saturated carbocycles. The Morgan fingerprint density at radius 3 is 2.89 bits per heavy atom. The topological polar surface area (TPSA) is 52.5 Å². The van der Waals surface area contributed by atoms with Crippen LogP contribution in [0.25, 0.3) is 16.6 Å². The van der Waals surface area contributed by atoms with E-state index >= 15 is 0 Å². The van der Waals surface area contributed by atoms with Gasteiger partial charge in [0, 0.05) is 29.4 Å². The minimum absolute atomic E-state index is 0.450. The number of benzene rings is 1. The second-order valence-corrected chi connectivity index (χ2v) is 4.35. The lowest BCUT2D eigenvalue weighted by molar-refractivity contribution is 0.416. The van der Waals surface area contributed by atoms with Crippen LogP contribution in [0, 0.1) is 0 Å². The van der Waals surface area contributed by atoms with Crippen molar-refractivity contribution in [2.24, 2.45) is 5.73 Å². The van der Waals surface area contributed by atoms with Crippen LogP contribution in [0.5, 0.6) is 5.75 Å². The Labute approximate surface area is 111 Å². The van der Waals surface area contributed by atoms with Gasteiger partial charge in [0.1, 0.15) is 5.75 Å². The molecule has 96 valence electrons. The smallest absolute Gasteiger partial charge is 0.126 e. The number of methoxy groups -OCH3 is 1. The standard InChI is InChI=1S/C15H15N3O/c1-19-15-5-3-2-4-14(15)11-6-13-7-12(8-16)17-10-18(13)9-11/h2-7,9-10H,8,16H2,1H3. The highest BCUT2D eigenvalue weighted by molar-refractivity contribution is 5.75. The van der Waals surface area contributed by atoms with E-state index in [-0.39, 0.29) is 0 Å². The number of nitrogens with zero attached hydrogens (tertiary/aromatic N) is 2. The number of aromatic nitrogens is 2. The van der Waals surface area contributed by atoms with Crippen LogP contribution < -0.4 is 10.5 Å². The molecule has 0 aliphatic carbocycles. The van der Waals surface area contributed by atoms with Gasteiger partial charge in [-0.1, -0.05) is 18.2 Å². The van der Waals surface area contributed by atoms with Gasteiger partial charge >= 0.3 is 0 Å². The number of hydrogen-bond acceptors (Lipinski definition) is 3. The average molecular weight is 253 g/mol. The molecule has 3 aromatic rings. The van der Waals surface area contributed by atoms with E-state index in [1.807, 2.05) is 40.9 Å². The molecule has 1 aromatic carbocycles. The molecule has 4 nitrogen and oxygen atoms in total. The Balaban J connectivity index is 2.15. The lowest BCUT2D eigenvalue weighted by Crippen LogP contribution is -2.00. The van der Waals surface area contributed by atoms with Gasteiger partial charge in [0.05, 0.1) is 19.1 Å². The normalized spacial score (nSPS) is 10.8. The molecule has 0 saturated heterocycles. The maximum Gasteiger partial charge on any atom is 0.126 e. The number of para-hydroxylation sites is 1. The van der Waals surface area contributed by atoms with Gasteiger partial charge in [0.15, 0.2) is 0 Å². The van der Waals surface area contributed by atoms with Crippen LogP contribution in [0.15, 0.2) is 48.9 Å². The maximum absolute atomic E-state index is 5.61. The van der Waals surface area contributed by atoms with Gasteiger partial charge in [-0.25, -0.2) is 4.98 Å². The fraction of sp³-hybridized carbons (Fsp3) is 0.133. The van der Waals surface area contributed by atoms with Crippen LogP contribution >= 0.6 is 0 Å². The zero-order valence-electron chi connectivity index (χ0n) is 10.7. The van der Waals surface area contributed by atoms with E-state index in [0.717, 1.165) is 28.1 Å². The predicted molar refractivity (Wildman–Crippen MR) is 75.1 cm³/mol. The summed E-state index contributed by atoms with van der Waals surface area (Å²) in [5.74, 6) is 0.866. The van der Waals surface area contributed by atoms with E-state index in [4.69, 9.17) is 10.5 Å². The molecule has 0 fully saturated rings. The first-order valence-corrected chi connectivity index (χ1v) is 6.12. The first kappa shape index (κ1) is 11.7. The van der Waals surface area contributed by atoms with Crippen LogP contribution in [0.2, 0.25) is 0 Å².